The van der Waals surface area contributed by atoms with Crippen LogP contribution in [0.2, 0.25) is 0 Å². The predicted octanol–water partition coefficient (Wildman–Crippen LogP) is 1.91. The van der Waals surface area contributed by atoms with E-state index in [1.54, 1.807) is 0 Å². The van der Waals surface area contributed by atoms with Gasteiger partial charge in [-0.25, -0.2) is 9.59 Å². The normalized spacial score (nSPS) is 26.1. The van der Waals surface area contributed by atoms with Crippen LogP contribution in [0.5, 0.6) is 0 Å². The molecule has 0 spiro atoms. The van der Waals surface area contributed by atoms with E-state index in [1.165, 1.54) is 16.2 Å². The quantitative estimate of drug-likeness (QED) is 0.751. The highest BCUT2D eigenvalue weighted by molar-refractivity contribution is 5.68. The average Bonchev–Trinajstić information content (AvgIpc) is 2.39. The Kier molecular flexibility index (Phi) is 3.93. The van der Waals surface area contributed by atoms with Crippen LogP contribution in [-0.4, -0.2) is 57.9 Å². The highest BCUT2D eigenvalue weighted by atomic mass is 16.4. The Bertz CT molecular complexity index is 328. The Morgan fingerprint density at radius 1 is 0.944 bits per heavy atom. The number of carboxylic acid groups (broad SMARTS) is 2. The lowest BCUT2D eigenvalue weighted by molar-refractivity contribution is 0.0351. The third kappa shape index (κ3) is 2.68. The van der Waals surface area contributed by atoms with Gasteiger partial charge in [-0.1, -0.05) is 19.3 Å². The second-order valence-electron chi connectivity index (χ2n) is 5.17. The third-order valence-corrected chi connectivity index (χ3v) is 4.13. The molecule has 0 bridgehead atoms. The summed E-state index contributed by atoms with van der Waals surface area (Å²) in [7, 11) is 0. The van der Waals surface area contributed by atoms with Gasteiger partial charge in [0.1, 0.15) is 0 Å². The average molecular weight is 256 g/mol. The van der Waals surface area contributed by atoms with Crippen LogP contribution in [0.15, 0.2) is 0 Å². The summed E-state index contributed by atoms with van der Waals surface area (Å²) in [4.78, 5) is 25.0. The van der Waals surface area contributed by atoms with E-state index in [0.29, 0.717) is 19.0 Å². The van der Waals surface area contributed by atoms with Crippen LogP contribution in [0.3, 0.4) is 0 Å². The molecule has 1 saturated heterocycles. The fourth-order valence-corrected chi connectivity index (χ4v) is 3.14. The molecule has 18 heavy (non-hydrogen) atoms. The molecule has 2 amide bonds. The summed E-state index contributed by atoms with van der Waals surface area (Å²) in [6, 6.07) is -0.160. The van der Waals surface area contributed by atoms with Gasteiger partial charge in [0.05, 0.1) is 6.04 Å². The molecule has 2 aliphatic rings. The van der Waals surface area contributed by atoms with E-state index in [4.69, 9.17) is 5.11 Å². The Morgan fingerprint density at radius 2 is 1.61 bits per heavy atom. The van der Waals surface area contributed by atoms with Gasteiger partial charge in [0.15, 0.2) is 0 Å². The van der Waals surface area contributed by atoms with Gasteiger partial charge in [-0.3, -0.25) is 0 Å². The van der Waals surface area contributed by atoms with E-state index in [9.17, 15) is 14.7 Å². The summed E-state index contributed by atoms with van der Waals surface area (Å²) < 4.78 is 0. The van der Waals surface area contributed by atoms with Crippen LogP contribution in [0.4, 0.5) is 9.59 Å². The minimum absolute atomic E-state index is 0.160. The molecular formula is C12H20N2O4. The fourth-order valence-electron chi connectivity index (χ4n) is 3.14. The number of carbonyl (C=O) groups is 2. The molecule has 0 radical (unpaired) electrons. The molecule has 1 saturated carbocycles. The van der Waals surface area contributed by atoms with Gasteiger partial charge in [0, 0.05) is 19.6 Å². The number of hydrogen-bond acceptors (Lipinski definition) is 2. The zero-order valence-electron chi connectivity index (χ0n) is 10.4. The number of hydrogen-bond donors (Lipinski definition) is 2. The van der Waals surface area contributed by atoms with E-state index in [-0.39, 0.29) is 12.6 Å². The molecule has 0 aromatic rings. The van der Waals surface area contributed by atoms with Crippen molar-refractivity contribution in [3.63, 3.8) is 0 Å². The summed E-state index contributed by atoms with van der Waals surface area (Å²) in [6.07, 6.45) is 3.63. The van der Waals surface area contributed by atoms with Crippen LogP contribution < -0.4 is 0 Å². The highest BCUT2D eigenvalue weighted by Crippen LogP contribution is 2.31. The maximum absolute atomic E-state index is 11.2. The largest absolute Gasteiger partial charge is 0.465 e. The molecule has 0 aromatic carbocycles. The minimum atomic E-state index is -0.944. The Hall–Kier alpha value is -1.46. The van der Waals surface area contributed by atoms with Gasteiger partial charge in [-0.05, 0) is 18.8 Å². The van der Waals surface area contributed by atoms with Crippen molar-refractivity contribution in [3.05, 3.63) is 0 Å². The lowest BCUT2D eigenvalue weighted by atomic mass is 9.82. The Balaban J connectivity index is 2.08. The zero-order chi connectivity index (χ0) is 13.1. The van der Waals surface area contributed by atoms with Gasteiger partial charge in [0.25, 0.3) is 0 Å². The first-order chi connectivity index (χ1) is 8.59. The van der Waals surface area contributed by atoms with E-state index in [1.807, 2.05) is 0 Å². The first-order valence-corrected chi connectivity index (χ1v) is 6.57. The second-order valence-corrected chi connectivity index (χ2v) is 5.17. The van der Waals surface area contributed by atoms with Crippen molar-refractivity contribution >= 4 is 12.2 Å². The molecule has 102 valence electrons. The Morgan fingerprint density at radius 3 is 2.17 bits per heavy atom. The number of amides is 2. The SMILES string of the molecule is O=C(O)N1CCN(C(=O)O)C(C2CCCCC2)C1. The lowest BCUT2D eigenvalue weighted by Crippen LogP contribution is -2.58. The first kappa shape index (κ1) is 13.0. The molecule has 6 nitrogen and oxygen atoms in total. The van der Waals surface area contributed by atoms with Gasteiger partial charge >= 0.3 is 12.2 Å². The molecule has 1 unspecified atom stereocenters. The van der Waals surface area contributed by atoms with E-state index in [0.717, 1.165) is 25.7 Å². The summed E-state index contributed by atoms with van der Waals surface area (Å²) in [5.74, 6) is 0.317. The fraction of sp³-hybridized carbons (Fsp3) is 0.833. The summed E-state index contributed by atoms with van der Waals surface area (Å²) in [5.41, 5.74) is 0. The van der Waals surface area contributed by atoms with Crippen molar-refractivity contribution < 1.29 is 19.8 Å². The molecular weight excluding hydrogens is 236 g/mol. The summed E-state index contributed by atoms with van der Waals surface area (Å²) in [5, 5.41) is 18.3. The van der Waals surface area contributed by atoms with E-state index in [2.05, 4.69) is 0 Å². The molecule has 2 N–H and O–H groups in total. The second kappa shape index (κ2) is 5.46. The third-order valence-electron chi connectivity index (χ3n) is 4.13. The molecule has 2 rings (SSSR count). The predicted molar refractivity (Wildman–Crippen MR) is 64.7 cm³/mol. The van der Waals surface area contributed by atoms with Crippen LogP contribution in [0, 0.1) is 5.92 Å². The Labute approximate surface area is 106 Å². The van der Waals surface area contributed by atoms with Crippen molar-refractivity contribution in [1.29, 1.82) is 0 Å². The molecule has 6 heteroatoms. The van der Waals surface area contributed by atoms with Crippen molar-refractivity contribution in [2.24, 2.45) is 5.92 Å². The van der Waals surface area contributed by atoms with Crippen molar-refractivity contribution in [1.82, 2.24) is 9.80 Å². The summed E-state index contributed by atoms with van der Waals surface area (Å²) >= 11 is 0. The van der Waals surface area contributed by atoms with Crippen LogP contribution >= 0.6 is 0 Å². The molecule has 1 aliphatic carbocycles. The zero-order valence-corrected chi connectivity index (χ0v) is 10.4. The van der Waals surface area contributed by atoms with E-state index < -0.39 is 12.2 Å². The maximum atomic E-state index is 11.2. The minimum Gasteiger partial charge on any atom is -0.465 e. The molecule has 2 fully saturated rings. The topological polar surface area (TPSA) is 81.1 Å². The van der Waals surface area contributed by atoms with Gasteiger partial charge < -0.3 is 20.0 Å². The first-order valence-electron chi connectivity index (χ1n) is 6.57. The van der Waals surface area contributed by atoms with Crippen LogP contribution in [-0.2, 0) is 0 Å². The standard InChI is InChI=1S/C12H20N2O4/c15-11(16)13-6-7-14(12(17)18)10(8-13)9-4-2-1-3-5-9/h9-10H,1-8H2,(H,15,16)(H,17,18). The molecule has 1 atom stereocenters. The number of rotatable bonds is 1. The molecule has 1 heterocycles. The number of nitrogens with zero attached hydrogens (tertiary/aromatic N) is 2. The summed E-state index contributed by atoms with van der Waals surface area (Å²) in [6.45, 7) is 0.903. The highest BCUT2D eigenvalue weighted by Gasteiger charge is 2.37. The maximum Gasteiger partial charge on any atom is 0.407 e. The monoisotopic (exact) mass is 256 g/mol. The van der Waals surface area contributed by atoms with Crippen molar-refractivity contribution in [3.8, 4) is 0 Å². The van der Waals surface area contributed by atoms with Gasteiger partial charge in [-0.15, -0.1) is 0 Å². The molecule has 0 aromatic heterocycles. The van der Waals surface area contributed by atoms with Crippen LogP contribution in [0.25, 0.3) is 0 Å². The van der Waals surface area contributed by atoms with Crippen LogP contribution in [0.1, 0.15) is 32.1 Å². The lowest BCUT2D eigenvalue weighted by Gasteiger charge is -2.43. The van der Waals surface area contributed by atoms with Crippen molar-refractivity contribution in [2.75, 3.05) is 19.6 Å². The van der Waals surface area contributed by atoms with E-state index >= 15 is 0 Å². The van der Waals surface area contributed by atoms with Gasteiger partial charge in [-0.2, -0.15) is 0 Å². The van der Waals surface area contributed by atoms with Gasteiger partial charge in [0.2, 0.25) is 0 Å². The molecule has 1 aliphatic heterocycles. The smallest absolute Gasteiger partial charge is 0.407 e. The van der Waals surface area contributed by atoms with Crippen molar-refractivity contribution in [2.45, 2.75) is 38.1 Å². The number of piperazine rings is 1.